The van der Waals surface area contributed by atoms with E-state index in [0.717, 1.165) is 23.1 Å². The highest BCUT2D eigenvalue weighted by Crippen LogP contribution is 2.35. The molecular formula is C20H17F3N2O5. The van der Waals surface area contributed by atoms with Gasteiger partial charge in [0.05, 0.1) is 29.0 Å². The van der Waals surface area contributed by atoms with Gasteiger partial charge in [0.25, 0.3) is 11.8 Å². The third-order valence-electron chi connectivity index (χ3n) is 4.31. The van der Waals surface area contributed by atoms with E-state index >= 15 is 0 Å². The van der Waals surface area contributed by atoms with Gasteiger partial charge in [-0.3, -0.25) is 19.3 Å². The molecule has 0 aromatic heterocycles. The molecule has 2 aromatic rings. The zero-order valence-electron chi connectivity index (χ0n) is 15.8. The summed E-state index contributed by atoms with van der Waals surface area (Å²) in [5.41, 5.74) is -0.893. The van der Waals surface area contributed by atoms with Crippen LogP contribution in [0.3, 0.4) is 0 Å². The number of carbonyl (C=O) groups excluding carboxylic acids is 3. The number of ether oxygens (including phenoxy) is 2. The number of hydrogen-bond donors (Lipinski definition) is 1. The lowest BCUT2D eigenvalue weighted by Gasteiger charge is -2.17. The number of alkyl halides is 3. The molecule has 0 fully saturated rings. The molecule has 0 atom stereocenters. The van der Waals surface area contributed by atoms with Crippen molar-refractivity contribution in [2.75, 3.05) is 32.2 Å². The molecule has 30 heavy (non-hydrogen) atoms. The third-order valence-corrected chi connectivity index (χ3v) is 4.31. The van der Waals surface area contributed by atoms with E-state index < -0.39 is 36.0 Å². The predicted molar refractivity (Wildman–Crippen MR) is 99.3 cm³/mol. The maximum absolute atomic E-state index is 13.1. The fraction of sp³-hybridized carbons (Fsp3) is 0.250. The number of hydrogen-bond acceptors (Lipinski definition) is 5. The second-order valence-electron chi connectivity index (χ2n) is 6.34. The van der Waals surface area contributed by atoms with E-state index in [1.165, 1.54) is 19.2 Å². The molecule has 0 bridgehead atoms. The SMILES string of the molecule is COCCOc1ccc(C(F)(F)F)cc1NC(=O)CN1C(=O)c2ccccc2C1=O. The van der Waals surface area contributed by atoms with Gasteiger partial charge < -0.3 is 14.8 Å². The summed E-state index contributed by atoms with van der Waals surface area (Å²) < 4.78 is 49.3. The molecule has 7 nitrogen and oxygen atoms in total. The summed E-state index contributed by atoms with van der Waals surface area (Å²) in [6.45, 7) is -0.424. The van der Waals surface area contributed by atoms with Crippen molar-refractivity contribution in [2.45, 2.75) is 6.18 Å². The second-order valence-corrected chi connectivity index (χ2v) is 6.34. The quantitative estimate of drug-likeness (QED) is 0.548. The summed E-state index contributed by atoms with van der Waals surface area (Å²) in [4.78, 5) is 37.9. The van der Waals surface area contributed by atoms with E-state index in [2.05, 4.69) is 5.32 Å². The summed E-state index contributed by atoms with van der Waals surface area (Å²) in [5.74, 6) is -2.14. The number of fused-ring (bicyclic) bond motifs is 1. The Balaban J connectivity index is 1.78. The monoisotopic (exact) mass is 422 g/mol. The van der Waals surface area contributed by atoms with Crippen LogP contribution in [0.4, 0.5) is 18.9 Å². The number of amides is 3. The Morgan fingerprint density at radius 2 is 1.67 bits per heavy atom. The van der Waals surface area contributed by atoms with Gasteiger partial charge in [-0.05, 0) is 30.3 Å². The lowest BCUT2D eigenvalue weighted by molar-refractivity contribution is -0.137. The number of rotatable bonds is 7. The molecule has 3 amide bonds. The Bertz CT molecular complexity index is 956. The van der Waals surface area contributed by atoms with Gasteiger partial charge in [0.15, 0.2) is 0 Å². The van der Waals surface area contributed by atoms with Crippen molar-refractivity contribution >= 4 is 23.4 Å². The first-order valence-electron chi connectivity index (χ1n) is 8.80. The van der Waals surface area contributed by atoms with Crippen LogP contribution in [0.1, 0.15) is 26.3 Å². The molecule has 0 radical (unpaired) electrons. The average Bonchev–Trinajstić information content (AvgIpc) is 2.93. The molecule has 1 N–H and O–H groups in total. The van der Waals surface area contributed by atoms with Crippen LogP contribution in [-0.4, -0.2) is 49.5 Å². The lowest BCUT2D eigenvalue weighted by atomic mass is 10.1. The van der Waals surface area contributed by atoms with Gasteiger partial charge in [-0.1, -0.05) is 12.1 Å². The maximum Gasteiger partial charge on any atom is 0.416 e. The molecule has 0 spiro atoms. The number of halogens is 3. The highest BCUT2D eigenvalue weighted by atomic mass is 19.4. The third kappa shape index (κ3) is 4.43. The molecule has 0 saturated heterocycles. The van der Waals surface area contributed by atoms with Crippen molar-refractivity contribution in [2.24, 2.45) is 0 Å². The van der Waals surface area contributed by atoms with Crippen molar-refractivity contribution in [1.82, 2.24) is 4.90 Å². The molecule has 2 aromatic carbocycles. The van der Waals surface area contributed by atoms with E-state index in [4.69, 9.17) is 9.47 Å². The molecule has 0 aliphatic carbocycles. The molecule has 3 rings (SSSR count). The van der Waals surface area contributed by atoms with Gasteiger partial charge in [0.1, 0.15) is 18.9 Å². The van der Waals surface area contributed by atoms with E-state index in [-0.39, 0.29) is 35.8 Å². The van der Waals surface area contributed by atoms with Crippen LogP contribution in [0.5, 0.6) is 5.75 Å². The lowest BCUT2D eigenvalue weighted by Crippen LogP contribution is -2.37. The van der Waals surface area contributed by atoms with Crippen LogP contribution in [0.25, 0.3) is 0 Å². The minimum atomic E-state index is -4.63. The molecule has 0 unspecified atom stereocenters. The standard InChI is InChI=1S/C20H17F3N2O5/c1-29-8-9-30-16-7-6-12(20(21,22)23)10-15(16)24-17(26)11-25-18(27)13-4-2-3-5-14(13)19(25)28/h2-7,10H,8-9,11H2,1H3,(H,24,26). The average molecular weight is 422 g/mol. The van der Waals surface area contributed by atoms with Crippen LogP contribution in [0, 0.1) is 0 Å². The van der Waals surface area contributed by atoms with Gasteiger partial charge in [0.2, 0.25) is 5.91 Å². The van der Waals surface area contributed by atoms with Crippen molar-refractivity contribution in [1.29, 1.82) is 0 Å². The number of nitrogens with zero attached hydrogens (tertiary/aromatic N) is 1. The minimum absolute atomic E-state index is 0.00392. The van der Waals surface area contributed by atoms with Crippen molar-refractivity contribution in [3.63, 3.8) is 0 Å². The molecule has 158 valence electrons. The van der Waals surface area contributed by atoms with Crippen molar-refractivity contribution in [3.05, 3.63) is 59.2 Å². The Labute approximate surface area is 169 Å². The van der Waals surface area contributed by atoms with Crippen LogP contribution in [-0.2, 0) is 15.7 Å². The smallest absolute Gasteiger partial charge is 0.416 e. The topological polar surface area (TPSA) is 84.9 Å². The zero-order valence-corrected chi connectivity index (χ0v) is 15.8. The van der Waals surface area contributed by atoms with Crippen LogP contribution < -0.4 is 10.1 Å². The number of imide groups is 1. The summed E-state index contributed by atoms with van der Waals surface area (Å²) in [7, 11) is 1.43. The largest absolute Gasteiger partial charge is 0.489 e. The Morgan fingerprint density at radius 3 is 2.23 bits per heavy atom. The van der Waals surface area contributed by atoms with Crippen molar-refractivity contribution in [3.8, 4) is 5.75 Å². The fourth-order valence-corrected chi connectivity index (χ4v) is 2.88. The van der Waals surface area contributed by atoms with E-state index in [1.54, 1.807) is 12.1 Å². The predicted octanol–water partition coefficient (Wildman–Crippen LogP) is 2.97. The van der Waals surface area contributed by atoms with Gasteiger partial charge in [-0.2, -0.15) is 13.2 Å². The van der Waals surface area contributed by atoms with Crippen LogP contribution >= 0.6 is 0 Å². The Hall–Kier alpha value is -3.40. The number of methoxy groups -OCH3 is 1. The Morgan fingerprint density at radius 1 is 1.03 bits per heavy atom. The van der Waals surface area contributed by atoms with Gasteiger partial charge in [-0.15, -0.1) is 0 Å². The van der Waals surface area contributed by atoms with E-state index in [0.29, 0.717) is 0 Å². The normalized spacial score (nSPS) is 13.4. The molecule has 0 saturated carbocycles. The van der Waals surface area contributed by atoms with Gasteiger partial charge in [0, 0.05) is 7.11 Å². The van der Waals surface area contributed by atoms with E-state index in [1.807, 2.05) is 0 Å². The number of anilines is 1. The Kier molecular flexibility index (Phi) is 6.06. The first kappa shape index (κ1) is 21.3. The van der Waals surface area contributed by atoms with Crippen LogP contribution in [0.15, 0.2) is 42.5 Å². The fourth-order valence-electron chi connectivity index (χ4n) is 2.88. The molecular weight excluding hydrogens is 405 g/mol. The van der Waals surface area contributed by atoms with Gasteiger partial charge in [-0.25, -0.2) is 0 Å². The summed E-state index contributed by atoms with van der Waals surface area (Å²) in [5, 5.41) is 2.29. The molecule has 1 aliphatic heterocycles. The number of nitrogens with one attached hydrogen (secondary N) is 1. The van der Waals surface area contributed by atoms with Gasteiger partial charge >= 0.3 is 6.18 Å². The second kappa shape index (κ2) is 8.54. The van der Waals surface area contributed by atoms with Crippen LogP contribution in [0.2, 0.25) is 0 Å². The molecule has 1 heterocycles. The number of carbonyl (C=O) groups is 3. The van der Waals surface area contributed by atoms with Crippen molar-refractivity contribution < 1.29 is 37.0 Å². The maximum atomic E-state index is 13.1. The first-order valence-corrected chi connectivity index (χ1v) is 8.80. The first-order chi connectivity index (χ1) is 14.2. The summed E-state index contributed by atoms with van der Waals surface area (Å²) in [6.07, 6.45) is -4.63. The highest BCUT2D eigenvalue weighted by Gasteiger charge is 2.36. The summed E-state index contributed by atoms with van der Waals surface area (Å²) in [6, 6.07) is 8.71. The zero-order chi connectivity index (χ0) is 21.9. The van der Waals surface area contributed by atoms with E-state index in [9.17, 15) is 27.6 Å². The number of benzene rings is 2. The summed E-state index contributed by atoms with van der Waals surface area (Å²) >= 11 is 0. The highest BCUT2D eigenvalue weighted by molar-refractivity contribution is 6.22. The minimum Gasteiger partial charge on any atom is -0.489 e. The molecule has 1 aliphatic rings. The molecule has 10 heteroatoms.